The van der Waals surface area contributed by atoms with Crippen LogP contribution in [-0.2, 0) is 24.8 Å². The van der Waals surface area contributed by atoms with E-state index in [1.807, 2.05) is 13.0 Å². The molecular formula is C24H25N3O6S2. The molecule has 3 aromatic rings. The second-order valence-electron chi connectivity index (χ2n) is 7.99. The normalized spacial score (nSPS) is 15.6. The molecule has 0 radical (unpaired) electrons. The number of benzene rings is 3. The van der Waals surface area contributed by atoms with Gasteiger partial charge < -0.3 is 10.1 Å². The summed E-state index contributed by atoms with van der Waals surface area (Å²) in [6, 6.07) is 19.3. The van der Waals surface area contributed by atoms with E-state index < -0.39 is 32.1 Å². The number of hydrogen-bond acceptors (Lipinski definition) is 6. The van der Waals surface area contributed by atoms with Gasteiger partial charge in [-0.15, -0.1) is 0 Å². The smallest absolute Gasteiger partial charge is 0.267 e. The third kappa shape index (κ3) is 5.41. The van der Waals surface area contributed by atoms with Crippen molar-refractivity contribution in [1.82, 2.24) is 0 Å². The van der Waals surface area contributed by atoms with Crippen molar-refractivity contribution in [3.05, 3.63) is 78.4 Å². The molecule has 0 spiro atoms. The van der Waals surface area contributed by atoms with Gasteiger partial charge in [0.25, 0.3) is 15.9 Å². The molecular weight excluding hydrogens is 490 g/mol. The fourth-order valence-electron chi connectivity index (χ4n) is 3.62. The molecule has 1 heterocycles. The zero-order chi connectivity index (χ0) is 25.2. The average Bonchev–Trinajstić information content (AvgIpc) is 2.83. The van der Waals surface area contributed by atoms with Crippen molar-refractivity contribution in [2.45, 2.75) is 24.8 Å². The van der Waals surface area contributed by atoms with Gasteiger partial charge in [0.15, 0.2) is 6.10 Å². The van der Waals surface area contributed by atoms with Crippen LogP contribution in [0.4, 0.5) is 17.1 Å². The van der Waals surface area contributed by atoms with E-state index in [1.54, 1.807) is 42.5 Å². The van der Waals surface area contributed by atoms with Crippen molar-refractivity contribution < 1.29 is 26.4 Å². The monoisotopic (exact) mass is 515 g/mol. The van der Waals surface area contributed by atoms with E-state index in [0.717, 1.165) is 5.56 Å². The molecule has 1 unspecified atom stereocenters. The molecule has 11 heteroatoms. The number of nitrogens with one attached hydrogen (secondary N) is 2. The number of sulfonamides is 2. The van der Waals surface area contributed by atoms with Gasteiger partial charge in [-0.2, -0.15) is 0 Å². The van der Waals surface area contributed by atoms with Crippen molar-refractivity contribution in [1.29, 1.82) is 0 Å². The maximum absolute atomic E-state index is 12.9. The minimum absolute atomic E-state index is 0.0278. The molecule has 0 aromatic heterocycles. The standard InChI is InChI=1S/C24H25N3O6S2/c1-3-34(29,30)27-16-23(33-22-10-5-4-9-21(22)27)24(28)25-18-11-13-20(14-12-18)35(31,32)26-19-8-6-7-17(2)15-19/h4-15,23,26H,3,16H2,1-2H3,(H,25,28). The predicted octanol–water partition coefficient (Wildman–Crippen LogP) is 3.35. The highest BCUT2D eigenvalue weighted by Crippen LogP contribution is 2.35. The molecule has 9 nitrogen and oxygen atoms in total. The molecule has 35 heavy (non-hydrogen) atoms. The van der Waals surface area contributed by atoms with Gasteiger partial charge in [0.05, 0.1) is 22.9 Å². The summed E-state index contributed by atoms with van der Waals surface area (Å²) in [5.41, 5.74) is 2.09. The molecule has 4 rings (SSSR count). The first kappa shape index (κ1) is 24.6. The van der Waals surface area contributed by atoms with E-state index in [-0.39, 0.29) is 17.2 Å². The minimum atomic E-state index is -3.82. The number of amides is 1. The second-order valence-corrected chi connectivity index (χ2v) is 11.9. The minimum Gasteiger partial charge on any atom is -0.476 e. The number of rotatable bonds is 7. The summed E-state index contributed by atoms with van der Waals surface area (Å²) in [5.74, 6) is -0.383. The fourth-order valence-corrected chi connectivity index (χ4v) is 5.80. The van der Waals surface area contributed by atoms with Crippen LogP contribution in [0.15, 0.2) is 77.7 Å². The summed E-state index contributed by atoms with van der Waals surface area (Å²) < 4.78 is 60.1. The van der Waals surface area contributed by atoms with Crippen molar-refractivity contribution >= 4 is 43.0 Å². The lowest BCUT2D eigenvalue weighted by Gasteiger charge is -2.34. The quantitative estimate of drug-likeness (QED) is 0.498. The maximum Gasteiger partial charge on any atom is 0.267 e. The number of hydrogen-bond donors (Lipinski definition) is 2. The zero-order valence-electron chi connectivity index (χ0n) is 19.1. The lowest BCUT2D eigenvalue weighted by molar-refractivity contribution is -0.122. The molecule has 1 aliphatic rings. The summed E-state index contributed by atoms with van der Waals surface area (Å²) in [4.78, 5) is 12.9. The largest absolute Gasteiger partial charge is 0.476 e. The molecule has 0 fully saturated rings. The highest BCUT2D eigenvalue weighted by atomic mass is 32.2. The number of aryl methyl sites for hydroxylation is 1. The van der Waals surface area contributed by atoms with Gasteiger partial charge in [-0.25, -0.2) is 16.8 Å². The number of fused-ring (bicyclic) bond motifs is 1. The topological polar surface area (TPSA) is 122 Å². The molecule has 1 amide bonds. The van der Waals surface area contributed by atoms with Gasteiger partial charge in [-0.05, 0) is 67.9 Å². The first-order chi connectivity index (χ1) is 16.6. The van der Waals surface area contributed by atoms with Crippen molar-refractivity contribution in [2.75, 3.05) is 26.6 Å². The van der Waals surface area contributed by atoms with Crippen LogP contribution in [0.25, 0.3) is 0 Å². The van der Waals surface area contributed by atoms with Crippen LogP contribution in [0.5, 0.6) is 5.75 Å². The fraction of sp³-hybridized carbons (Fsp3) is 0.208. The Morgan fingerprint density at radius 2 is 1.69 bits per heavy atom. The van der Waals surface area contributed by atoms with Crippen LogP contribution >= 0.6 is 0 Å². The second kappa shape index (κ2) is 9.59. The van der Waals surface area contributed by atoms with Gasteiger partial charge in [0.2, 0.25) is 10.0 Å². The average molecular weight is 516 g/mol. The Balaban J connectivity index is 1.48. The van der Waals surface area contributed by atoms with E-state index in [2.05, 4.69) is 10.0 Å². The van der Waals surface area contributed by atoms with Gasteiger partial charge >= 0.3 is 0 Å². The first-order valence-electron chi connectivity index (χ1n) is 10.9. The number of carbonyl (C=O) groups excluding carboxylic acids is 1. The van der Waals surface area contributed by atoms with Gasteiger partial charge in [0.1, 0.15) is 5.75 Å². The summed E-state index contributed by atoms with van der Waals surface area (Å²) in [6.07, 6.45) is -1.09. The maximum atomic E-state index is 12.9. The number of anilines is 3. The zero-order valence-corrected chi connectivity index (χ0v) is 20.8. The molecule has 1 atom stereocenters. The molecule has 1 aliphatic heterocycles. The number of para-hydroxylation sites is 2. The van der Waals surface area contributed by atoms with Crippen LogP contribution in [0.3, 0.4) is 0 Å². The lowest BCUT2D eigenvalue weighted by atomic mass is 10.2. The summed E-state index contributed by atoms with van der Waals surface area (Å²) in [5, 5.41) is 2.67. The van der Waals surface area contributed by atoms with Gasteiger partial charge in [-0.3, -0.25) is 13.8 Å². The number of ether oxygens (including phenoxy) is 1. The van der Waals surface area contributed by atoms with Crippen molar-refractivity contribution in [2.24, 2.45) is 0 Å². The van der Waals surface area contributed by atoms with Crippen molar-refractivity contribution in [3.8, 4) is 5.75 Å². The Hall–Kier alpha value is -3.57. The van der Waals surface area contributed by atoms with Crippen LogP contribution in [0, 0.1) is 6.92 Å². The Morgan fingerprint density at radius 1 is 0.971 bits per heavy atom. The van der Waals surface area contributed by atoms with E-state index in [9.17, 15) is 21.6 Å². The highest BCUT2D eigenvalue weighted by Gasteiger charge is 2.36. The third-order valence-electron chi connectivity index (χ3n) is 5.43. The lowest BCUT2D eigenvalue weighted by Crippen LogP contribution is -2.49. The Kier molecular flexibility index (Phi) is 6.73. The molecule has 2 N–H and O–H groups in total. The molecule has 0 saturated carbocycles. The van der Waals surface area contributed by atoms with Crippen LogP contribution in [0.1, 0.15) is 12.5 Å². The van der Waals surface area contributed by atoms with Gasteiger partial charge in [0, 0.05) is 11.4 Å². The number of nitrogens with zero attached hydrogens (tertiary/aromatic N) is 1. The van der Waals surface area contributed by atoms with Crippen LogP contribution in [0.2, 0.25) is 0 Å². The summed E-state index contributed by atoms with van der Waals surface area (Å²) >= 11 is 0. The summed E-state index contributed by atoms with van der Waals surface area (Å²) in [7, 11) is -7.44. The van der Waals surface area contributed by atoms with Gasteiger partial charge in [-0.1, -0.05) is 24.3 Å². The Bertz CT molecular complexity index is 1450. The van der Waals surface area contributed by atoms with E-state index >= 15 is 0 Å². The van der Waals surface area contributed by atoms with Crippen LogP contribution < -0.4 is 19.1 Å². The van der Waals surface area contributed by atoms with Crippen LogP contribution in [-0.4, -0.2) is 41.1 Å². The predicted molar refractivity (Wildman–Crippen MR) is 135 cm³/mol. The molecule has 184 valence electrons. The Labute approximate surface area is 204 Å². The summed E-state index contributed by atoms with van der Waals surface area (Å²) in [6.45, 7) is 3.22. The number of carbonyl (C=O) groups is 1. The Morgan fingerprint density at radius 3 is 2.37 bits per heavy atom. The molecule has 0 aliphatic carbocycles. The highest BCUT2D eigenvalue weighted by molar-refractivity contribution is 7.93. The molecule has 0 bridgehead atoms. The first-order valence-corrected chi connectivity index (χ1v) is 13.9. The third-order valence-corrected chi connectivity index (χ3v) is 8.57. The molecule has 3 aromatic carbocycles. The van der Waals surface area contributed by atoms with E-state index in [0.29, 0.717) is 22.8 Å². The SMILES string of the molecule is CCS(=O)(=O)N1CC(C(=O)Nc2ccc(S(=O)(=O)Nc3cccc(C)c3)cc2)Oc2ccccc21. The molecule has 0 saturated heterocycles. The van der Waals surface area contributed by atoms with Crippen molar-refractivity contribution in [3.63, 3.8) is 0 Å². The van der Waals surface area contributed by atoms with E-state index in [1.165, 1.54) is 35.5 Å². The van der Waals surface area contributed by atoms with E-state index in [4.69, 9.17) is 4.74 Å².